The largest absolute Gasteiger partial charge is 0.494 e. The Hall–Kier alpha value is -1.71. The number of oxime groups is 1. The maximum Gasteiger partial charge on any atom is 0.139 e. The Morgan fingerprint density at radius 2 is 2.17 bits per heavy atom. The number of hydrogen-bond donors (Lipinski definition) is 2. The lowest BCUT2D eigenvalue weighted by Crippen LogP contribution is -2.12. The van der Waals surface area contributed by atoms with Gasteiger partial charge < -0.3 is 15.7 Å². The number of nitrogens with two attached hydrogens (primary N) is 1. The summed E-state index contributed by atoms with van der Waals surface area (Å²) < 4.78 is 5.62. The zero-order valence-corrected chi connectivity index (χ0v) is 11.3. The first-order valence-electron chi connectivity index (χ1n) is 6.24. The summed E-state index contributed by atoms with van der Waals surface area (Å²) in [6.45, 7) is 7.02. The molecular weight excluding hydrogens is 228 g/mol. The molecule has 0 aromatic heterocycles. The summed E-state index contributed by atoms with van der Waals surface area (Å²) in [7, 11) is 0. The van der Waals surface area contributed by atoms with E-state index < -0.39 is 0 Å². The molecule has 1 aromatic carbocycles. The van der Waals surface area contributed by atoms with Gasteiger partial charge in [-0.1, -0.05) is 25.1 Å². The van der Waals surface area contributed by atoms with Gasteiger partial charge >= 0.3 is 0 Å². The molecule has 4 heteroatoms. The summed E-state index contributed by atoms with van der Waals surface area (Å²) in [4.78, 5) is 0. The number of aryl methyl sites for hydroxylation is 1. The van der Waals surface area contributed by atoms with E-state index in [4.69, 9.17) is 15.7 Å². The molecule has 4 nitrogen and oxygen atoms in total. The Balaban J connectivity index is 2.46. The Labute approximate surface area is 108 Å². The molecule has 0 atom stereocenters. The first kappa shape index (κ1) is 14.4. The molecule has 100 valence electrons. The smallest absolute Gasteiger partial charge is 0.139 e. The standard InChI is InChI=1S/C14H22N2O2/c1-10(2)13-7-6-12(9-11(13)3)18-8-4-5-14(15)16-17/h6-7,9-10,17H,4-5,8H2,1-3H3,(H2,15,16). The second-order valence-electron chi connectivity index (χ2n) is 4.72. The molecular formula is C14H22N2O2. The fraction of sp³-hybridized carbons (Fsp3) is 0.500. The van der Waals surface area contributed by atoms with Crippen LogP contribution < -0.4 is 10.5 Å². The number of nitrogens with zero attached hydrogens (tertiary/aromatic N) is 1. The van der Waals surface area contributed by atoms with Gasteiger partial charge in [-0.15, -0.1) is 0 Å². The summed E-state index contributed by atoms with van der Waals surface area (Å²) in [6, 6.07) is 6.16. The van der Waals surface area contributed by atoms with Crippen molar-refractivity contribution >= 4 is 5.84 Å². The summed E-state index contributed by atoms with van der Waals surface area (Å²) in [6.07, 6.45) is 1.28. The molecule has 0 saturated carbocycles. The van der Waals surface area contributed by atoms with Gasteiger partial charge in [0.25, 0.3) is 0 Å². The van der Waals surface area contributed by atoms with E-state index in [0.29, 0.717) is 18.9 Å². The topological polar surface area (TPSA) is 67.8 Å². The maximum atomic E-state index is 8.39. The molecule has 0 radical (unpaired) electrons. The second-order valence-corrected chi connectivity index (χ2v) is 4.72. The van der Waals surface area contributed by atoms with Gasteiger partial charge in [0.05, 0.1) is 6.61 Å². The average Bonchev–Trinajstić information content (AvgIpc) is 2.34. The predicted molar refractivity (Wildman–Crippen MR) is 73.4 cm³/mol. The van der Waals surface area contributed by atoms with Crippen LogP contribution in [0.4, 0.5) is 0 Å². The fourth-order valence-electron chi connectivity index (χ4n) is 1.88. The number of rotatable bonds is 6. The van der Waals surface area contributed by atoms with Crippen LogP contribution in [0.1, 0.15) is 43.7 Å². The zero-order valence-electron chi connectivity index (χ0n) is 11.3. The van der Waals surface area contributed by atoms with Crippen molar-refractivity contribution in [3.05, 3.63) is 29.3 Å². The normalized spacial score (nSPS) is 11.9. The number of benzene rings is 1. The van der Waals surface area contributed by atoms with Crippen LogP contribution in [0.15, 0.2) is 23.4 Å². The van der Waals surface area contributed by atoms with E-state index in [1.165, 1.54) is 11.1 Å². The van der Waals surface area contributed by atoms with Crippen molar-refractivity contribution in [2.75, 3.05) is 6.61 Å². The molecule has 1 aromatic rings. The molecule has 1 rings (SSSR count). The van der Waals surface area contributed by atoms with Crippen molar-refractivity contribution in [2.45, 2.75) is 39.5 Å². The highest BCUT2D eigenvalue weighted by Crippen LogP contribution is 2.23. The third-order valence-corrected chi connectivity index (χ3v) is 2.84. The maximum absolute atomic E-state index is 8.39. The lowest BCUT2D eigenvalue weighted by atomic mass is 9.98. The Kier molecular flexibility index (Phi) is 5.49. The van der Waals surface area contributed by atoms with Gasteiger partial charge in [-0.3, -0.25) is 0 Å². The van der Waals surface area contributed by atoms with Gasteiger partial charge in [0.2, 0.25) is 0 Å². The molecule has 0 heterocycles. The molecule has 0 saturated heterocycles. The van der Waals surface area contributed by atoms with Crippen LogP contribution in [0, 0.1) is 6.92 Å². The van der Waals surface area contributed by atoms with E-state index in [0.717, 1.165) is 12.2 Å². The van der Waals surface area contributed by atoms with Crippen molar-refractivity contribution in [1.29, 1.82) is 0 Å². The van der Waals surface area contributed by atoms with Gasteiger partial charge in [-0.05, 0) is 42.5 Å². The van der Waals surface area contributed by atoms with Crippen LogP contribution >= 0.6 is 0 Å². The highest BCUT2D eigenvalue weighted by atomic mass is 16.5. The zero-order chi connectivity index (χ0) is 13.5. The first-order valence-corrected chi connectivity index (χ1v) is 6.24. The number of ether oxygens (including phenoxy) is 1. The third kappa shape index (κ3) is 4.28. The van der Waals surface area contributed by atoms with Crippen molar-refractivity contribution in [1.82, 2.24) is 0 Å². The molecule has 0 fully saturated rings. The molecule has 0 unspecified atom stereocenters. The van der Waals surface area contributed by atoms with Gasteiger partial charge in [0.15, 0.2) is 0 Å². The molecule has 0 amide bonds. The minimum atomic E-state index is 0.241. The lowest BCUT2D eigenvalue weighted by Gasteiger charge is -2.12. The Morgan fingerprint density at radius 1 is 1.44 bits per heavy atom. The Bertz CT molecular complexity index is 414. The van der Waals surface area contributed by atoms with Crippen molar-refractivity contribution < 1.29 is 9.94 Å². The highest BCUT2D eigenvalue weighted by molar-refractivity contribution is 5.79. The van der Waals surface area contributed by atoms with Crippen LogP contribution in [0.25, 0.3) is 0 Å². The van der Waals surface area contributed by atoms with Crippen LogP contribution in [0.5, 0.6) is 5.75 Å². The summed E-state index contributed by atoms with van der Waals surface area (Å²) in [5.41, 5.74) is 7.97. The first-order chi connectivity index (χ1) is 8.54. The minimum Gasteiger partial charge on any atom is -0.494 e. The van der Waals surface area contributed by atoms with E-state index in [-0.39, 0.29) is 5.84 Å². The van der Waals surface area contributed by atoms with E-state index in [2.05, 4.69) is 38.1 Å². The SMILES string of the molecule is Cc1cc(OCCC/C(N)=N/O)ccc1C(C)C. The van der Waals surface area contributed by atoms with Crippen LogP contribution in [-0.2, 0) is 0 Å². The minimum absolute atomic E-state index is 0.241. The quantitative estimate of drug-likeness (QED) is 0.268. The molecule has 0 aliphatic carbocycles. The predicted octanol–water partition coefficient (Wildman–Crippen LogP) is 3.02. The summed E-state index contributed by atoms with van der Waals surface area (Å²) in [5.74, 6) is 1.64. The summed E-state index contributed by atoms with van der Waals surface area (Å²) in [5, 5.41) is 11.3. The van der Waals surface area contributed by atoms with Crippen LogP contribution in [-0.4, -0.2) is 17.6 Å². The number of amidine groups is 1. The third-order valence-electron chi connectivity index (χ3n) is 2.84. The van der Waals surface area contributed by atoms with Gasteiger partial charge in [0.1, 0.15) is 11.6 Å². The van der Waals surface area contributed by atoms with E-state index in [1.807, 2.05) is 6.07 Å². The molecule has 0 aliphatic rings. The average molecular weight is 250 g/mol. The number of hydrogen-bond acceptors (Lipinski definition) is 3. The fourth-order valence-corrected chi connectivity index (χ4v) is 1.88. The van der Waals surface area contributed by atoms with Crippen LogP contribution in [0.3, 0.4) is 0 Å². The monoisotopic (exact) mass is 250 g/mol. The Morgan fingerprint density at radius 3 is 2.72 bits per heavy atom. The van der Waals surface area contributed by atoms with E-state index >= 15 is 0 Å². The molecule has 3 N–H and O–H groups in total. The van der Waals surface area contributed by atoms with Crippen molar-refractivity contribution in [3.8, 4) is 5.75 Å². The summed E-state index contributed by atoms with van der Waals surface area (Å²) >= 11 is 0. The van der Waals surface area contributed by atoms with Gasteiger partial charge in [-0.2, -0.15) is 0 Å². The highest BCUT2D eigenvalue weighted by Gasteiger charge is 2.04. The van der Waals surface area contributed by atoms with Gasteiger partial charge in [-0.25, -0.2) is 0 Å². The molecule has 0 aliphatic heterocycles. The van der Waals surface area contributed by atoms with Crippen molar-refractivity contribution in [3.63, 3.8) is 0 Å². The van der Waals surface area contributed by atoms with Crippen LogP contribution in [0.2, 0.25) is 0 Å². The second kappa shape index (κ2) is 6.89. The molecule has 0 bridgehead atoms. The van der Waals surface area contributed by atoms with Gasteiger partial charge in [0, 0.05) is 6.42 Å². The molecule has 18 heavy (non-hydrogen) atoms. The van der Waals surface area contributed by atoms with Crippen molar-refractivity contribution in [2.24, 2.45) is 10.9 Å². The van der Waals surface area contributed by atoms with E-state index in [9.17, 15) is 0 Å². The lowest BCUT2D eigenvalue weighted by molar-refractivity contribution is 0.305. The van der Waals surface area contributed by atoms with E-state index in [1.54, 1.807) is 0 Å². The molecule has 0 spiro atoms.